The predicted octanol–water partition coefficient (Wildman–Crippen LogP) is 3.41. The van der Waals surface area contributed by atoms with E-state index >= 15 is 0 Å². The minimum Gasteiger partial charge on any atom is -0.342 e. The molecule has 0 atom stereocenters. The first-order valence-corrected chi connectivity index (χ1v) is 13.1. The molecule has 1 N–H and O–H groups in total. The van der Waals surface area contributed by atoms with Crippen LogP contribution in [0.4, 0.5) is 5.69 Å². The Bertz CT molecular complexity index is 990. The zero-order chi connectivity index (χ0) is 23.9. The number of carbonyl (C=O) groups excluding carboxylic acids is 3. The van der Waals surface area contributed by atoms with E-state index in [1.54, 1.807) is 30.5 Å². The molecule has 1 aromatic carbocycles. The van der Waals surface area contributed by atoms with Gasteiger partial charge in [-0.05, 0) is 49.9 Å². The number of hydrogen-bond acceptors (Lipinski definition) is 5. The monoisotopic (exact) mass is 483 g/mol. The maximum absolute atomic E-state index is 13.0. The molecule has 2 saturated heterocycles. The molecule has 2 aromatic rings. The number of imidazole rings is 1. The smallest absolute Gasteiger partial charge is 0.253 e. The third kappa shape index (κ3) is 6.20. The van der Waals surface area contributed by atoms with Gasteiger partial charge in [0.05, 0.1) is 5.75 Å². The van der Waals surface area contributed by atoms with Gasteiger partial charge in [-0.3, -0.25) is 14.4 Å². The van der Waals surface area contributed by atoms with Crippen LogP contribution in [0.1, 0.15) is 48.9 Å². The Kier molecular flexibility index (Phi) is 8.26. The lowest BCUT2D eigenvalue weighted by molar-refractivity contribution is -0.136. The highest BCUT2D eigenvalue weighted by Crippen LogP contribution is 2.23. The normalized spacial score (nSPS) is 17.3. The highest BCUT2D eigenvalue weighted by Gasteiger charge is 2.30. The van der Waals surface area contributed by atoms with Gasteiger partial charge in [-0.25, -0.2) is 4.98 Å². The van der Waals surface area contributed by atoms with Crippen molar-refractivity contribution in [3.8, 4) is 0 Å². The van der Waals surface area contributed by atoms with Crippen molar-refractivity contribution in [3.05, 3.63) is 42.2 Å². The van der Waals surface area contributed by atoms with Crippen LogP contribution in [0.15, 0.2) is 41.8 Å². The predicted molar refractivity (Wildman–Crippen MR) is 133 cm³/mol. The van der Waals surface area contributed by atoms with E-state index in [9.17, 15) is 14.4 Å². The molecule has 0 saturated carbocycles. The number of nitrogens with one attached hydrogen (secondary N) is 1. The Morgan fingerprint density at radius 2 is 1.65 bits per heavy atom. The summed E-state index contributed by atoms with van der Waals surface area (Å²) in [5, 5.41) is 3.64. The molecule has 0 spiro atoms. The van der Waals surface area contributed by atoms with Gasteiger partial charge in [0, 0.05) is 62.8 Å². The molecular formula is C25H33N5O3S. The van der Waals surface area contributed by atoms with E-state index in [1.165, 1.54) is 24.6 Å². The summed E-state index contributed by atoms with van der Waals surface area (Å²) in [5.41, 5.74) is 1.25. The Labute approximate surface area is 205 Å². The number of anilines is 1. The van der Waals surface area contributed by atoms with Crippen LogP contribution < -0.4 is 5.32 Å². The number of aromatic nitrogens is 2. The second kappa shape index (κ2) is 11.6. The summed E-state index contributed by atoms with van der Waals surface area (Å²) in [5.74, 6) is 0.419. The number of aryl methyl sites for hydroxylation is 1. The minimum absolute atomic E-state index is 0.0242. The lowest BCUT2D eigenvalue weighted by Gasteiger charge is -2.34. The van der Waals surface area contributed by atoms with Crippen molar-refractivity contribution in [3.63, 3.8) is 0 Å². The molecule has 2 aliphatic heterocycles. The summed E-state index contributed by atoms with van der Waals surface area (Å²) < 4.78 is 1.87. The average Bonchev–Trinajstić information content (AvgIpc) is 3.09. The van der Waals surface area contributed by atoms with Gasteiger partial charge in [0.15, 0.2) is 5.16 Å². The van der Waals surface area contributed by atoms with E-state index in [0.717, 1.165) is 43.9 Å². The molecule has 0 bridgehead atoms. The van der Waals surface area contributed by atoms with E-state index < -0.39 is 0 Å². The Balaban J connectivity index is 1.24. The number of rotatable bonds is 6. The third-order valence-corrected chi connectivity index (χ3v) is 7.63. The largest absolute Gasteiger partial charge is 0.342 e. The minimum atomic E-state index is -0.122. The van der Waals surface area contributed by atoms with Crippen LogP contribution in [0.2, 0.25) is 0 Å². The zero-order valence-electron chi connectivity index (χ0n) is 19.7. The first-order chi connectivity index (χ1) is 16.5. The van der Waals surface area contributed by atoms with Crippen LogP contribution in [0.3, 0.4) is 0 Å². The maximum atomic E-state index is 13.0. The van der Waals surface area contributed by atoms with E-state index in [1.807, 2.05) is 27.6 Å². The molecule has 2 aliphatic rings. The van der Waals surface area contributed by atoms with E-state index in [-0.39, 0.29) is 29.4 Å². The SMILES string of the molecule is Cn1ccnc1SCC(=O)Nc1ccc(C(=O)N2CCC(C(=O)N3CCCCCC3)CC2)cc1. The van der Waals surface area contributed by atoms with Crippen molar-refractivity contribution in [2.24, 2.45) is 13.0 Å². The summed E-state index contributed by atoms with van der Waals surface area (Å²) >= 11 is 1.37. The highest BCUT2D eigenvalue weighted by molar-refractivity contribution is 7.99. The molecule has 8 nitrogen and oxygen atoms in total. The summed E-state index contributed by atoms with van der Waals surface area (Å²) in [6.45, 7) is 2.96. The lowest BCUT2D eigenvalue weighted by atomic mass is 9.94. The van der Waals surface area contributed by atoms with Crippen molar-refractivity contribution in [2.45, 2.75) is 43.7 Å². The number of hydrogen-bond donors (Lipinski definition) is 1. The number of carbonyl (C=O) groups is 3. The van der Waals surface area contributed by atoms with Crippen molar-refractivity contribution < 1.29 is 14.4 Å². The molecule has 0 unspecified atom stereocenters. The first-order valence-electron chi connectivity index (χ1n) is 12.1. The molecule has 2 fully saturated rings. The second-order valence-corrected chi connectivity index (χ2v) is 9.98. The number of piperidine rings is 1. The number of nitrogens with zero attached hydrogens (tertiary/aromatic N) is 4. The molecule has 1 aromatic heterocycles. The topological polar surface area (TPSA) is 87.5 Å². The van der Waals surface area contributed by atoms with Gasteiger partial charge in [-0.15, -0.1) is 0 Å². The molecule has 182 valence electrons. The average molecular weight is 484 g/mol. The quantitative estimate of drug-likeness (QED) is 0.637. The number of likely N-dealkylation sites (tertiary alicyclic amines) is 2. The molecular weight excluding hydrogens is 450 g/mol. The summed E-state index contributed by atoms with van der Waals surface area (Å²) in [6.07, 6.45) is 9.61. The van der Waals surface area contributed by atoms with Crippen molar-refractivity contribution in [2.75, 3.05) is 37.2 Å². The van der Waals surface area contributed by atoms with Gasteiger partial charge in [0.2, 0.25) is 11.8 Å². The number of amides is 3. The zero-order valence-corrected chi connectivity index (χ0v) is 20.6. The molecule has 3 amide bonds. The Morgan fingerprint density at radius 1 is 0.971 bits per heavy atom. The van der Waals surface area contributed by atoms with Gasteiger partial charge in [0.25, 0.3) is 5.91 Å². The first kappa shape index (κ1) is 24.3. The second-order valence-electron chi connectivity index (χ2n) is 9.04. The van der Waals surface area contributed by atoms with Crippen LogP contribution in [0, 0.1) is 5.92 Å². The maximum Gasteiger partial charge on any atom is 0.253 e. The van der Waals surface area contributed by atoms with Gasteiger partial charge >= 0.3 is 0 Å². The standard InChI is InChI=1S/C25H33N5O3S/c1-28-17-12-26-25(28)34-18-22(31)27-21-8-6-19(7-9-21)23(32)30-15-10-20(11-16-30)24(33)29-13-4-2-3-5-14-29/h6-9,12,17,20H,2-5,10-11,13-16,18H2,1H3,(H,27,31). The lowest BCUT2D eigenvalue weighted by Crippen LogP contribution is -2.44. The summed E-state index contributed by atoms with van der Waals surface area (Å²) in [7, 11) is 1.89. The Morgan fingerprint density at radius 3 is 2.26 bits per heavy atom. The van der Waals surface area contributed by atoms with Crippen LogP contribution in [0.25, 0.3) is 0 Å². The van der Waals surface area contributed by atoms with Gasteiger partial charge in [-0.2, -0.15) is 0 Å². The molecule has 3 heterocycles. The van der Waals surface area contributed by atoms with E-state index in [0.29, 0.717) is 24.3 Å². The van der Waals surface area contributed by atoms with E-state index in [4.69, 9.17) is 0 Å². The van der Waals surface area contributed by atoms with Crippen LogP contribution >= 0.6 is 11.8 Å². The molecule has 4 rings (SSSR count). The van der Waals surface area contributed by atoms with Crippen molar-refractivity contribution in [1.82, 2.24) is 19.4 Å². The fraction of sp³-hybridized carbons (Fsp3) is 0.520. The van der Waals surface area contributed by atoms with Crippen LogP contribution in [-0.2, 0) is 16.6 Å². The highest BCUT2D eigenvalue weighted by atomic mass is 32.2. The van der Waals surface area contributed by atoms with Crippen LogP contribution in [-0.4, -0.2) is 69.0 Å². The molecule has 0 radical (unpaired) electrons. The number of benzene rings is 1. The fourth-order valence-electron chi connectivity index (χ4n) is 4.58. The van der Waals surface area contributed by atoms with Crippen molar-refractivity contribution in [1.29, 1.82) is 0 Å². The summed E-state index contributed by atoms with van der Waals surface area (Å²) in [4.78, 5) is 46.1. The van der Waals surface area contributed by atoms with Gasteiger partial charge in [0.1, 0.15) is 0 Å². The summed E-state index contributed by atoms with van der Waals surface area (Å²) in [6, 6.07) is 7.01. The van der Waals surface area contributed by atoms with E-state index in [2.05, 4.69) is 10.3 Å². The van der Waals surface area contributed by atoms with Crippen molar-refractivity contribution >= 4 is 35.2 Å². The molecule has 9 heteroatoms. The fourth-order valence-corrected chi connectivity index (χ4v) is 5.31. The molecule has 0 aliphatic carbocycles. The Hall–Kier alpha value is -2.81. The molecule has 34 heavy (non-hydrogen) atoms. The third-order valence-electron chi connectivity index (χ3n) is 6.57. The van der Waals surface area contributed by atoms with Gasteiger partial charge < -0.3 is 19.7 Å². The van der Waals surface area contributed by atoms with Crippen LogP contribution in [0.5, 0.6) is 0 Å². The van der Waals surface area contributed by atoms with Gasteiger partial charge in [-0.1, -0.05) is 24.6 Å². The number of thioether (sulfide) groups is 1.